The Kier molecular flexibility index (Phi) is 6.67. The highest BCUT2D eigenvalue weighted by Gasteiger charge is 2.40. The van der Waals surface area contributed by atoms with Gasteiger partial charge in [0.05, 0.1) is 19.3 Å². The predicted octanol–water partition coefficient (Wildman–Crippen LogP) is 3.07. The van der Waals surface area contributed by atoms with E-state index in [0.717, 1.165) is 20.4 Å². The highest BCUT2D eigenvalue weighted by Crippen LogP contribution is 2.26. The number of anilines is 1. The second kappa shape index (κ2) is 8.35. The van der Waals surface area contributed by atoms with Crippen LogP contribution >= 0.6 is 22.6 Å². The molecule has 2 N–H and O–H groups in total. The Bertz CT molecular complexity index is 639. The number of aryl methyl sites for hydroxylation is 2. The molecule has 1 aliphatic rings. The number of nitrogens with zero attached hydrogens (tertiary/aromatic N) is 1. The standard InChI is InChI=1S/C18H25IN2O4/c1-10(2)9-25-18(24)21-8-14(22)7-15(21)17(23)20-16-11(3)5-13(19)6-12(16)4/h5-6,10,14-15,22H,7-9H2,1-4H3,(H,20,23)/t14-,15+/m1/s1. The molecule has 1 saturated heterocycles. The smallest absolute Gasteiger partial charge is 0.410 e. The molecule has 0 radical (unpaired) electrons. The molecule has 2 atom stereocenters. The minimum atomic E-state index is -0.729. The van der Waals surface area contributed by atoms with Crippen LogP contribution in [-0.4, -0.2) is 47.3 Å². The molecule has 0 aromatic heterocycles. The number of nitrogens with one attached hydrogen (secondary N) is 1. The maximum Gasteiger partial charge on any atom is 0.410 e. The number of ether oxygens (including phenoxy) is 1. The highest BCUT2D eigenvalue weighted by atomic mass is 127. The van der Waals surface area contributed by atoms with Gasteiger partial charge in [-0.25, -0.2) is 4.79 Å². The summed E-state index contributed by atoms with van der Waals surface area (Å²) >= 11 is 2.23. The Morgan fingerprint density at radius 1 is 1.36 bits per heavy atom. The first kappa shape index (κ1) is 20.0. The average Bonchev–Trinajstić information content (AvgIpc) is 2.90. The van der Waals surface area contributed by atoms with Crippen molar-refractivity contribution in [3.8, 4) is 0 Å². The van der Waals surface area contributed by atoms with E-state index < -0.39 is 18.2 Å². The van der Waals surface area contributed by atoms with Gasteiger partial charge in [-0.1, -0.05) is 13.8 Å². The molecule has 0 bridgehead atoms. The second-order valence-electron chi connectivity index (χ2n) is 6.93. The monoisotopic (exact) mass is 460 g/mol. The van der Waals surface area contributed by atoms with Gasteiger partial charge in [-0.3, -0.25) is 9.69 Å². The van der Waals surface area contributed by atoms with Gasteiger partial charge in [0.15, 0.2) is 0 Å². The summed E-state index contributed by atoms with van der Waals surface area (Å²) in [7, 11) is 0. The first-order valence-corrected chi connectivity index (χ1v) is 9.46. The molecular formula is C18H25IN2O4. The van der Waals surface area contributed by atoms with Gasteiger partial charge < -0.3 is 15.2 Å². The summed E-state index contributed by atoms with van der Waals surface area (Å²) in [6.45, 7) is 8.15. The maximum absolute atomic E-state index is 12.7. The molecule has 1 fully saturated rings. The summed E-state index contributed by atoms with van der Waals surface area (Å²) in [6.07, 6.45) is -1.06. The lowest BCUT2D eigenvalue weighted by Gasteiger charge is -2.24. The van der Waals surface area contributed by atoms with Crippen LogP contribution in [0, 0.1) is 23.3 Å². The lowest BCUT2D eigenvalue weighted by Crippen LogP contribution is -2.44. The van der Waals surface area contributed by atoms with Crippen LogP contribution in [0.5, 0.6) is 0 Å². The maximum atomic E-state index is 12.7. The molecule has 2 amide bonds. The van der Waals surface area contributed by atoms with Crippen LogP contribution in [0.4, 0.5) is 10.5 Å². The molecule has 7 heteroatoms. The number of aliphatic hydroxyl groups is 1. The zero-order valence-electron chi connectivity index (χ0n) is 15.0. The molecule has 25 heavy (non-hydrogen) atoms. The Labute approximate surface area is 162 Å². The van der Waals surface area contributed by atoms with Gasteiger partial charge >= 0.3 is 6.09 Å². The third-order valence-electron chi connectivity index (χ3n) is 4.10. The summed E-state index contributed by atoms with van der Waals surface area (Å²) in [5, 5.41) is 12.8. The zero-order chi connectivity index (χ0) is 18.7. The molecule has 0 saturated carbocycles. The summed E-state index contributed by atoms with van der Waals surface area (Å²) in [5.41, 5.74) is 2.68. The molecule has 0 spiro atoms. The average molecular weight is 460 g/mol. The van der Waals surface area contributed by atoms with Crippen LogP contribution in [0.15, 0.2) is 12.1 Å². The van der Waals surface area contributed by atoms with Crippen LogP contribution in [-0.2, 0) is 9.53 Å². The number of carbonyl (C=O) groups excluding carboxylic acids is 2. The quantitative estimate of drug-likeness (QED) is 0.678. The van der Waals surface area contributed by atoms with Crippen LogP contribution in [0.3, 0.4) is 0 Å². The number of hydrogen-bond acceptors (Lipinski definition) is 4. The van der Waals surface area contributed by atoms with Crippen molar-refractivity contribution in [1.82, 2.24) is 4.90 Å². The number of hydrogen-bond donors (Lipinski definition) is 2. The van der Waals surface area contributed by atoms with Crippen molar-refractivity contribution in [2.24, 2.45) is 5.92 Å². The lowest BCUT2D eigenvalue weighted by atomic mass is 10.1. The molecule has 1 aliphatic heterocycles. The van der Waals surface area contributed by atoms with Gasteiger partial charge in [-0.05, 0) is 65.6 Å². The largest absolute Gasteiger partial charge is 0.449 e. The van der Waals surface area contributed by atoms with Crippen molar-refractivity contribution in [2.75, 3.05) is 18.5 Å². The van der Waals surface area contributed by atoms with Gasteiger partial charge in [0.1, 0.15) is 6.04 Å². The van der Waals surface area contributed by atoms with Gasteiger partial charge in [0.2, 0.25) is 5.91 Å². The molecule has 1 aromatic carbocycles. The summed E-state index contributed by atoms with van der Waals surface area (Å²) in [5.74, 6) is -0.0914. The highest BCUT2D eigenvalue weighted by molar-refractivity contribution is 14.1. The zero-order valence-corrected chi connectivity index (χ0v) is 17.2. The molecule has 2 rings (SSSR count). The van der Waals surface area contributed by atoms with Crippen molar-refractivity contribution in [2.45, 2.75) is 46.3 Å². The molecule has 6 nitrogen and oxygen atoms in total. The Morgan fingerprint density at radius 3 is 2.52 bits per heavy atom. The minimum Gasteiger partial charge on any atom is -0.449 e. The summed E-state index contributed by atoms with van der Waals surface area (Å²) in [4.78, 5) is 26.3. The summed E-state index contributed by atoms with van der Waals surface area (Å²) < 4.78 is 6.32. The lowest BCUT2D eigenvalue weighted by molar-refractivity contribution is -0.120. The molecule has 1 heterocycles. The van der Waals surface area contributed by atoms with Crippen molar-refractivity contribution in [3.05, 3.63) is 26.8 Å². The number of benzene rings is 1. The number of aliphatic hydroxyl groups excluding tert-OH is 1. The van der Waals surface area contributed by atoms with E-state index >= 15 is 0 Å². The number of halogens is 1. The summed E-state index contributed by atoms with van der Waals surface area (Å²) in [6, 6.07) is 3.25. The number of β-amino-alcohol motifs (C(OH)–C–C–N with tert-alkyl or cyclic N) is 1. The van der Waals surface area contributed by atoms with Gasteiger partial charge in [0, 0.05) is 15.7 Å². The number of carbonyl (C=O) groups is 2. The minimum absolute atomic E-state index is 0.111. The van der Waals surface area contributed by atoms with Crippen molar-refractivity contribution < 1.29 is 19.4 Å². The number of likely N-dealkylation sites (tertiary alicyclic amines) is 1. The van der Waals surface area contributed by atoms with E-state index in [1.165, 1.54) is 4.90 Å². The Morgan fingerprint density at radius 2 is 1.96 bits per heavy atom. The molecule has 0 aliphatic carbocycles. The van der Waals surface area contributed by atoms with E-state index in [2.05, 4.69) is 27.9 Å². The Balaban J connectivity index is 2.12. The molecule has 0 unspecified atom stereocenters. The Hall–Kier alpha value is -1.35. The molecular weight excluding hydrogens is 435 g/mol. The van der Waals surface area contributed by atoms with Crippen LogP contribution < -0.4 is 5.32 Å². The predicted molar refractivity (Wildman–Crippen MR) is 105 cm³/mol. The van der Waals surface area contributed by atoms with E-state index in [4.69, 9.17) is 4.74 Å². The van der Waals surface area contributed by atoms with Crippen LogP contribution in [0.1, 0.15) is 31.4 Å². The van der Waals surface area contributed by atoms with Gasteiger partial charge in [0.25, 0.3) is 0 Å². The SMILES string of the molecule is Cc1cc(I)cc(C)c1NC(=O)[C@@H]1C[C@@H](O)CN1C(=O)OCC(C)C. The normalized spacial score (nSPS) is 20.0. The third-order valence-corrected chi connectivity index (χ3v) is 4.72. The van der Waals surface area contributed by atoms with Gasteiger partial charge in [-0.2, -0.15) is 0 Å². The van der Waals surface area contributed by atoms with Crippen LogP contribution in [0.25, 0.3) is 0 Å². The first-order valence-electron chi connectivity index (χ1n) is 8.38. The van der Waals surface area contributed by atoms with Crippen molar-refractivity contribution in [1.29, 1.82) is 0 Å². The van der Waals surface area contributed by atoms with Gasteiger partial charge in [-0.15, -0.1) is 0 Å². The molecule has 138 valence electrons. The van der Waals surface area contributed by atoms with E-state index in [1.807, 2.05) is 39.8 Å². The first-order chi connectivity index (χ1) is 11.7. The fourth-order valence-corrected chi connectivity index (χ4v) is 3.83. The van der Waals surface area contributed by atoms with Crippen LogP contribution in [0.2, 0.25) is 0 Å². The van der Waals surface area contributed by atoms with Crippen molar-refractivity contribution in [3.63, 3.8) is 0 Å². The van der Waals surface area contributed by atoms with E-state index in [-0.39, 0.29) is 31.4 Å². The number of amides is 2. The number of rotatable bonds is 4. The second-order valence-corrected chi connectivity index (χ2v) is 8.18. The van der Waals surface area contributed by atoms with E-state index in [0.29, 0.717) is 0 Å². The fraction of sp³-hybridized carbons (Fsp3) is 0.556. The fourth-order valence-electron chi connectivity index (χ4n) is 2.90. The van der Waals surface area contributed by atoms with Crippen molar-refractivity contribution >= 4 is 40.3 Å². The topological polar surface area (TPSA) is 78.9 Å². The van der Waals surface area contributed by atoms with E-state index in [1.54, 1.807) is 0 Å². The van der Waals surface area contributed by atoms with E-state index in [9.17, 15) is 14.7 Å². The molecule has 1 aromatic rings. The third kappa shape index (κ3) is 5.07.